The second kappa shape index (κ2) is 4.22. The molecule has 0 saturated heterocycles. The van der Waals surface area contributed by atoms with Crippen molar-refractivity contribution in [1.29, 1.82) is 0 Å². The highest BCUT2D eigenvalue weighted by Gasteiger charge is 2.60. The van der Waals surface area contributed by atoms with Gasteiger partial charge in [0, 0.05) is 5.54 Å². The smallest absolute Gasteiger partial charge is 0.0213 e. The molecule has 0 aromatic heterocycles. The third-order valence-electron chi connectivity index (χ3n) is 4.21. The lowest BCUT2D eigenvalue weighted by atomic mass is 9.89. The molecule has 1 aliphatic carbocycles. The van der Waals surface area contributed by atoms with E-state index in [0.717, 1.165) is 5.92 Å². The van der Waals surface area contributed by atoms with Crippen LogP contribution in [0.1, 0.15) is 60.3 Å². The van der Waals surface area contributed by atoms with Gasteiger partial charge in [0.1, 0.15) is 0 Å². The molecule has 84 valence electrons. The summed E-state index contributed by atoms with van der Waals surface area (Å²) in [5.41, 5.74) is 1.00. The summed E-state index contributed by atoms with van der Waals surface area (Å²) in [5, 5.41) is 3.70. The average molecular weight is 197 g/mol. The Morgan fingerprint density at radius 3 is 2.43 bits per heavy atom. The van der Waals surface area contributed by atoms with E-state index in [1.807, 2.05) is 0 Å². The van der Waals surface area contributed by atoms with Crippen molar-refractivity contribution in [2.24, 2.45) is 11.3 Å². The van der Waals surface area contributed by atoms with E-state index in [4.69, 9.17) is 0 Å². The van der Waals surface area contributed by atoms with Gasteiger partial charge in [0.15, 0.2) is 0 Å². The Morgan fingerprint density at radius 2 is 1.93 bits per heavy atom. The highest BCUT2D eigenvalue weighted by atomic mass is 15.1. The molecule has 1 saturated carbocycles. The molecule has 0 aromatic rings. The maximum Gasteiger partial charge on any atom is 0.0213 e. The van der Waals surface area contributed by atoms with Crippen molar-refractivity contribution in [3.63, 3.8) is 0 Å². The third-order valence-corrected chi connectivity index (χ3v) is 4.21. The van der Waals surface area contributed by atoms with Crippen molar-refractivity contribution < 1.29 is 0 Å². The van der Waals surface area contributed by atoms with E-state index in [1.165, 1.54) is 32.2 Å². The normalized spacial score (nSPS) is 38.4. The molecular formula is C13H27N. The fourth-order valence-electron chi connectivity index (χ4n) is 2.62. The first-order valence-electron chi connectivity index (χ1n) is 6.22. The molecular weight excluding hydrogens is 170 g/mol. The molecule has 3 unspecified atom stereocenters. The topological polar surface area (TPSA) is 12.0 Å². The van der Waals surface area contributed by atoms with Gasteiger partial charge in [-0.2, -0.15) is 0 Å². The predicted octanol–water partition coefficient (Wildman–Crippen LogP) is 3.59. The van der Waals surface area contributed by atoms with Crippen LogP contribution in [0.5, 0.6) is 0 Å². The first-order chi connectivity index (χ1) is 6.47. The minimum absolute atomic E-state index is 0.437. The molecule has 1 aliphatic rings. The lowest BCUT2D eigenvalue weighted by molar-refractivity contribution is 0.321. The maximum absolute atomic E-state index is 3.70. The monoisotopic (exact) mass is 197 g/mol. The Kier molecular flexibility index (Phi) is 3.63. The first kappa shape index (κ1) is 12.0. The van der Waals surface area contributed by atoms with E-state index in [-0.39, 0.29) is 0 Å². The van der Waals surface area contributed by atoms with E-state index >= 15 is 0 Å². The van der Waals surface area contributed by atoms with Crippen molar-refractivity contribution in [2.75, 3.05) is 6.54 Å². The summed E-state index contributed by atoms with van der Waals surface area (Å²) in [5.74, 6) is 0.880. The van der Waals surface area contributed by atoms with E-state index in [1.54, 1.807) is 0 Å². The Hall–Kier alpha value is -0.0400. The van der Waals surface area contributed by atoms with Gasteiger partial charge < -0.3 is 5.32 Å². The summed E-state index contributed by atoms with van der Waals surface area (Å²) in [7, 11) is 0. The van der Waals surface area contributed by atoms with Crippen LogP contribution in [0.3, 0.4) is 0 Å². The zero-order chi connectivity index (χ0) is 10.8. The van der Waals surface area contributed by atoms with E-state index < -0.39 is 0 Å². The fourth-order valence-corrected chi connectivity index (χ4v) is 2.62. The Morgan fingerprint density at radius 1 is 1.29 bits per heavy atom. The van der Waals surface area contributed by atoms with Crippen LogP contribution >= 0.6 is 0 Å². The molecule has 14 heavy (non-hydrogen) atoms. The molecule has 1 N–H and O–H groups in total. The zero-order valence-electron chi connectivity index (χ0n) is 10.6. The van der Waals surface area contributed by atoms with Crippen LogP contribution in [0.4, 0.5) is 0 Å². The second-order valence-electron chi connectivity index (χ2n) is 5.71. The molecule has 1 rings (SSSR count). The second-order valence-corrected chi connectivity index (χ2v) is 5.71. The number of rotatable bonds is 6. The van der Waals surface area contributed by atoms with Gasteiger partial charge in [-0.3, -0.25) is 0 Å². The maximum atomic E-state index is 3.70. The summed E-state index contributed by atoms with van der Waals surface area (Å²) in [6.07, 6.45) is 5.31. The summed E-state index contributed by atoms with van der Waals surface area (Å²) in [6.45, 7) is 12.9. The Balaban J connectivity index is 2.39. The van der Waals surface area contributed by atoms with Crippen LogP contribution in [0.25, 0.3) is 0 Å². The quantitative estimate of drug-likeness (QED) is 0.686. The molecule has 3 atom stereocenters. The molecule has 1 heteroatoms. The van der Waals surface area contributed by atoms with Crippen molar-refractivity contribution in [2.45, 2.75) is 65.8 Å². The lowest BCUT2D eigenvalue weighted by Gasteiger charge is -2.22. The van der Waals surface area contributed by atoms with Crippen LogP contribution in [0.15, 0.2) is 0 Å². The van der Waals surface area contributed by atoms with Gasteiger partial charge in [-0.1, -0.05) is 34.1 Å². The Bertz CT molecular complexity index is 190. The zero-order valence-corrected chi connectivity index (χ0v) is 10.6. The van der Waals surface area contributed by atoms with Crippen molar-refractivity contribution in [1.82, 2.24) is 5.32 Å². The van der Waals surface area contributed by atoms with E-state index in [2.05, 4.69) is 39.9 Å². The molecule has 1 nitrogen and oxygen atoms in total. The van der Waals surface area contributed by atoms with Crippen LogP contribution in [0, 0.1) is 11.3 Å². The van der Waals surface area contributed by atoms with Crippen molar-refractivity contribution in [3.8, 4) is 0 Å². The van der Waals surface area contributed by atoms with Crippen molar-refractivity contribution >= 4 is 0 Å². The van der Waals surface area contributed by atoms with Gasteiger partial charge in [0.25, 0.3) is 0 Å². The van der Waals surface area contributed by atoms with Gasteiger partial charge in [-0.05, 0) is 44.1 Å². The summed E-state index contributed by atoms with van der Waals surface area (Å²) in [6, 6.07) is 0. The van der Waals surface area contributed by atoms with E-state index in [9.17, 15) is 0 Å². The molecule has 1 fully saturated rings. The third kappa shape index (κ3) is 2.31. The molecule has 0 aliphatic heterocycles. The molecule has 0 radical (unpaired) electrons. The summed E-state index contributed by atoms with van der Waals surface area (Å²) < 4.78 is 0. The molecule has 0 amide bonds. The number of hydrogen-bond donors (Lipinski definition) is 1. The fraction of sp³-hybridized carbons (Fsp3) is 1.00. The van der Waals surface area contributed by atoms with Gasteiger partial charge in [0.2, 0.25) is 0 Å². The molecule has 0 bridgehead atoms. The standard InChI is InChI=1S/C13H27N/c1-6-8-14-13(5)10-12(13,4)9-11(3)7-2/h11,14H,6-10H2,1-5H3. The highest BCUT2D eigenvalue weighted by Crippen LogP contribution is 2.59. The molecule has 0 spiro atoms. The first-order valence-corrected chi connectivity index (χ1v) is 6.22. The highest BCUT2D eigenvalue weighted by molar-refractivity contribution is 5.16. The van der Waals surface area contributed by atoms with Gasteiger partial charge in [0.05, 0.1) is 0 Å². The van der Waals surface area contributed by atoms with Crippen LogP contribution in [-0.2, 0) is 0 Å². The SMILES string of the molecule is CCCNC1(C)CC1(C)CC(C)CC. The number of nitrogens with one attached hydrogen (secondary N) is 1. The van der Waals surface area contributed by atoms with Crippen LogP contribution in [0.2, 0.25) is 0 Å². The minimum atomic E-state index is 0.437. The Labute approximate surface area is 89.7 Å². The van der Waals surface area contributed by atoms with Gasteiger partial charge >= 0.3 is 0 Å². The lowest BCUT2D eigenvalue weighted by Crippen LogP contribution is -2.34. The van der Waals surface area contributed by atoms with Crippen LogP contribution < -0.4 is 5.32 Å². The minimum Gasteiger partial charge on any atom is -0.311 e. The molecule has 0 aromatic carbocycles. The van der Waals surface area contributed by atoms with Crippen molar-refractivity contribution in [3.05, 3.63) is 0 Å². The average Bonchev–Trinajstić information content (AvgIpc) is 2.65. The summed E-state index contributed by atoms with van der Waals surface area (Å²) in [4.78, 5) is 0. The molecule has 0 heterocycles. The van der Waals surface area contributed by atoms with Gasteiger partial charge in [-0.15, -0.1) is 0 Å². The largest absolute Gasteiger partial charge is 0.311 e. The van der Waals surface area contributed by atoms with E-state index in [0.29, 0.717) is 11.0 Å². The van der Waals surface area contributed by atoms with Gasteiger partial charge in [-0.25, -0.2) is 0 Å². The predicted molar refractivity (Wildman–Crippen MR) is 63.5 cm³/mol. The van der Waals surface area contributed by atoms with Crippen LogP contribution in [-0.4, -0.2) is 12.1 Å². The number of hydrogen-bond acceptors (Lipinski definition) is 1. The summed E-state index contributed by atoms with van der Waals surface area (Å²) >= 11 is 0.